The van der Waals surface area contributed by atoms with Gasteiger partial charge in [0.15, 0.2) is 6.61 Å². The number of alkyl halides is 3. The number of esters is 1. The van der Waals surface area contributed by atoms with Gasteiger partial charge in [-0.15, -0.1) is 0 Å². The number of amides is 2. The smallest absolute Gasteiger partial charge is 0.416 e. The normalized spacial score (nSPS) is 17.4. The number of hydrogen-bond acceptors (Lipinski definition) is 4. The van der Waals surface area contributed by atoms with Crippen molar-refractivity contribution in [3.63, 3.8) is 0 Å². The lowest BCUT2D eigenvalue weighted by atomic mass is 10.1. The Morgan fingerprint density at radius 1 is 1.16 bits per heavy atom. The van der Waals surface area contributed by atoms with Gasteiger partial charge in [-0.2, -0.15) is 13.2 Å². The molecule has 2 amide bonds. The molecule has 0 spiro atoms. The van der Waals surface area contributed by atoms with Crippen molar-refractivity contribution in [3.05, 3.63) is 65.7 Å². The van der Waals surface area contributed by atoms with Crippen molar-refractivity contribution in [1.82, 2.24) is 4.90 Å². The van der Waals surface area contributed by atoms with E-state index < -0.39 is 36.1 Å². The highest BCUT2D eigenvalue weighted by atomic mass is 19.4. The van der Waals surface area contributed by atoms with E-state index in [-0.39, 0.29) is 30.6 Å². The van der Waals surface area contributed by atoms with E-state index in [0.29, 0.717) is 0 Å². The van der Waals surface area contributed by atoms with E-state index >= 15 is 0 Å². The van der Waals surface area contributed by atoms with E-state index in [2.05, 4.69) is 5.32 Å². The third kappa shape index (κ3) is 5.62. The first-order valence-corrected chi connectivity index (χ1v) is 9.63. The number of nitrogens with one attached hydrogen (secondary N) is 1. The lowest BCUT2D eigenvalue weighted by molar-refractivity contribution is -0.151. The second kappa shape index (κ2) is 9.20. The number of carbonyl (C=O) groups excluding carboxylic acids is 3. The maximum atomic E-state index is 12.7. The molecule has 0 aliphatic carbocycles. The number of carbonyl (C=O) groups is 3. The Bertz CT molecular complexity index is 963. The van der Waals surface area contributed by atoms with Gasteiger partial charge in [0, 0.05) is 18.7 Å². The van der Waals surface area contributed by atoms with E-state index in [0.717, 1.165) is 23.8 Å². The molecule has 1 N–H and O–H groups in total. The van der Waals surface area contributed by atoms with Gasteiger partial charge in [-0.25, -0.2) is 0 Å². The third-order valence-corrected chi connectivity index (χ3v) is 5.06. The first kappa shape index (κ1) is 22.3. The maximum absolute atomic E-state index is 12.7. The highest BCUT2D eigenvalue weighted by molar-refractivity contribution is 5.93. The minimum Gasteiger partial charge on any atom is -0.455 e. The standard InChI is InChI=1S/C22H21F3N2O4/c1-14(15-6-3-2-4-7-15)27-12-16(10-20(27)29)21(30)31-13-19(28)26-18-9-5-8-17(11-18)22(23,24)25/h2-9,11,14,16H,10,12-13H2,1H3,(H,26,28)/t14-,16-/m0/s1. The van der Waals surface area contributed by atoms with Gasteiger partial charge in [0.25, 0.3) is 5.91 Å². The van der Waals surface area contributed by atoms with Crippen molar-refractivity contribution in [2.75, 3.05) is 18.5 Å². The van der Waals surface area contributed by atoms with Crippen LogP contribution in [0, 0.1) is 5.92 Å². The molecule has 0 saturated carbocycles. The SMILES string of the molecule is C[C@@H](c1ccccc1)N1C[C@@H](C(=O)OCC(=O)Nc2cccc(C(F)(F)F)c2)CC1=O. The molecular weight excluding hydrogens is 413 g/mol. The van der Waals surface area contributed by atoms with E-state index in [1.165, 1.54) is 6.07 Å². The van der Waals surface area contributed by atoms with Crippen molar-refractivity contribution >= 4 is 23.5 Å². The van der Waals surface area contributed by atoms with E-state index in [1.807, 2.05) is 37.3 Å². The third-order valence-electron chi connectivity index (χ3n) is 5.06. The number of rotatable bonds is 6. The van der Waals surface area contributed by atoms with Crippen LogP contribution in [-0.4, -0.2) is 35.8 Å². The predicted octanol–water partition coefficient (Wildman–Crippen LogP) is 3.80. The van der Waals surface area contributed by atoms with Crippen molar-refractivity contribution in [2.24, 2.45) is 5.92 Å². The van der Waals surface area contributed by atoms with Gasteiger partial charge >= 0.3 is 12.1 Å². The number of nitrogens with zero attached hydrogens (tertiary/aromatic N) is 1. The molecular formula is C22H21F3N2O4. The first-order valence-electron chi connectivity index (χ1n) is 9.63. The summed E-state index contributed by atoms with van der Waals surface area (Å²) >= 11 is 0. The molecule has 2 aromatic carbocycles. The molecule has 6 nitrogen and oxygen atoms in total. The highest BCUT2D eigenvalue weighted by Gasteiger charge is 2.38. The Labute approximate surface area is 177 Å². The van der Waals surface area contributed by atoms with Gasteiger partial charge in [-0.05, 0) is 30.7 Å². The lowest BCUT2D eigenvalue weighted by Gasteiger charge is -2.25. The second-order valence-electron chi connectivity index (χ2n) is 7.27. The average molecular weight is 434 g/mol. The summed E-state index contributed by atoms with van der Waals surface area (Å²) in [5, 5.41) is 2.26. The van der Waals surface area contributed by atoms with Gasteiger partial charge in [-0.1, -0.05) is 36.4 Å². The molecule has 1 fully saturated rings. The molecule has 1 heterocycles. The molecule has 0 aromatic heterocycles. The maximum Gasteiger partial charge on any atom is 0.416 e. The van der Waals surface area contributed by atoms with Crippen LogP contribution >= 0.6 is 0 Å². The average Bonchev–Trinajstić information content (AvgIpc) is 3.13. The molecule has 2 atom stereocenters. The molecule has 1 aliphatic rings. The fourth-order valence-corrected chi connectivity index (χ4v) is 3.40. The number of halogens is 3. The van der Waals surface area contributed by atoms with Crippen LogP contribution in [0.1, 0.15) is 30.5 Å². The molecule has 1 saturated heterocycles. The number of anilines is 1. The molecule has 3 rings (SSSR count). The number of benzene rings is 2. The molecule has 164 valence electrons. The van der Waals surface area contributed by atoms with Gasteiger partial charge in [0.05, 0.1) is 17.5 Å². The van der Waals surface area contributed by atoms with Crippen LogP contribution in [-0.2, 0) is 25.3 Å². The summed E-state index contributed by atoms with van der Waals surface area (Å²) in [6, 6.07) is 13.3. The molecule has 31 heavy (non-hydrogen) atoms. The number of ether oxygens (including phenoxy) is 1. The monoisotopic (exact) mass is 434 g/mol. The molecule has 2 aromatic rings. The minimum atomic E-state index is -4.54. The Kier molecular flexibility index (Phi) is 6.62. The summed E-state index contributed by atoms with van der Waals surface area (Å²) in [6.07, 6.45) is -4.56. The lowest BCUT2D eigenvalue weighted by Crippen LogP contribution is -2.30. The number of hydrogen-bond donors (Lipinski definition) is 1. The van der Waals surface area contributed by atoms with E-state index in [9.17, 15) is 27.6 Å². The predicted molar refractivity (Wildman–Crippen MR) is 106 cm³/mol. The topological polar surface area (TPSA) is 75.7 Å². The first-order chi connectivity index (χ1) is 14.6. The van der Waals surface area contributed by atoms with Gasteiger partial charge in [0.2, 0.25) is 5.91 Å². The fourth-order valence-electron chi connectivity index (χ4n) is 3.40. The molecule has 0 bridgehead atoms. The molecule has 1 aliphatic heterocycles. The van der Waals surface area contributed by atoms with Crippen LogP contribution in [0.5, 0.6) is 0 Å². The molecule has 9 heteroatoms. The summed E-state index contributed by atoms with van der Waals surface area (Å²) in [4.78, 5) is 38.2. The largest absolute Gasteiger partial charge is 0.455 e. The summed E-state index contributed by atoms with van der Waals surface area (Å²) in [5.74, 6) is -2.37. The summed E-state index contributed by atoms with van der Waals surface area (Å²) < 4.78 is 43.2. The van der Waals surface area contributed by atoms with Crippen LogP contribution in [0.15, 0.2) is 54.6 Å². The Balaban J connectivity index is 1.52. The van der Waals surface area contributed by atoms with E-state index in [1.54, 1.807) is 4.90 Å². The van der Waals surface area contributed by atoms with Crippen molar-refractivity contribution < 1.29 is 32.3 Å². The van der Waals surface area contributed by atoms with Crippen LogP contribution in [0.25, 0.3) is 0 Å². The van der Waals surface area contributed by atoms with E-state index in [4.69, 9.17) is 4.74 Å². The molecule has 0 unspecified atom stereocenters. The second-order valence-corrected chi connectivity index (χ2v) is 7.27. The van der Waals surface area contributed by atoms with Gasteiger partial charge in [-0.3, -0.25) is 14.4 Å². The Morgan fingerprint density at radius 2 is 1.87 bits per heavy atom. The Hall–Kier alpha value is -3.36. The zero-order chi connectivity index (χ0) is 22.6. The van der Waals surface area contributed by atoms with Crippen molar-refractivity contribution in [1.29, 1.82) is 0 Å². The quantitative estimate of drug-likeness (QED) is 0.702. The zero-order valence-corrected chi connectivity index (χ0v) is 16.7. The highest BCUT2D eigenvalue weighted by Crippen LogP contribution is 2.31. The summed E-state index contributed by atoms with van der Waals surface area (Å²) in [6.45, 7) is 1.38. The van der Waals surface area contributed by atoms with Crippen LogP contribution in [0.4, 0.5) is 18.9 Å². The molecule has 0 radical (unpaired) electrons. The van der Waals surface area contributed by atoms with Crippen molar-refractivity contribution in [3.8, 4) is 0 Å². The summed E-state index contributed by atoms with van der Waals surface area (Å²) in [7, 11) is 0. The summed E-state index contributed by atoms with van der Waals surface area (Å²) in [5.41, 5.74) is -0.0282. The zero-order valence-electron chi connectivity index (χ0n) is 16.7. The van der Waals surface area contributed by atoms with Crippen LogP contribution in [0.2, 0.25) is 0 Å². The Morgan fingerprint density at radius 3 is 2.55 bits per heavy atom. The van der Waals surface area contributed by atoms with Gasteiger partial charge in [0.1, 0.15) is 0 Å². The van der Waals surface area contributed by atoms with Crippen molar-refractivity contribution in [2.45, 2.75) is 25.6 Å². The van der Waals surface area contributed by atoms with Gasteiger partial charge < -0.3 is 15.0 Å². The fraction of sp³-hybridized carbons (Fsp3) is 0.318. The van der Waals surface area contributed by atoms with Crippen LogP contribution in [0.3, 0.4) is 0 Å². The number of likely N-dealkylation sites (tertiary alicyclic amines) is 1. The van der Waals surface area contributed by atoms with Crippen LogP contribution < -0.4 is 5.32 Å². The minimum absolute atomic E-state index is 0.0226.